The molecule has 2 nitrogen and oxygen atoms in total. The molecule has 0 aromatic heterocycles. The summed E-state index contributed by atoms with van der Waals surface area (Å²) < 4.78 is 11.3. The van der Waals surface area contributed by atoms with Crippen molar-refractivity contribution >= 4 is 11.6 Å². The highest BCUT2D eigenvalue weighted by molar-refractivity contribution is 6.18. The Morgan fingerprint density at radius 1 is 1.12 bits per heavy atom. The summed E-state index contributed by atoms with van der Waals surface area (Å²) in [4.78, 5) is 0. The van der Waals surface area contributed by atoms with Crippen LogP contribution in [0.1, 0.15) is 31.9 Å². The Hall–Kier alpha value is -0.570. The molecule has 0 aliphatic carbocycles. The van der Waals surface area contributed by atoms with Crippen LogP contribution in [0.5, 0.6) is 0 Å². The van der Waals surface area contributed by atoms with Crippen molar-refractivity contribution in [2.45, 2.75) is 32.0 Å². The fourth-order valence-electron chi connectivity index (χ4n) is 2.00. The monoisotopic (exact) mass is 254 g/mol. The summed E-state index contributed by atoms with van der Waals surface area (Å²) in [6.07, 6.45) is 0. The highest BCUT2D eigenvalue weighted by atomic mass is 35.5. The molecule has 2 rings (SSSR count). The molecule has 1 aliphatic heterocycles. The van der Waals surface area contributed by atoms with Crippen LogP contribution in [0.3, 0.4) is 0 Å². The summed E-state index contributed by atoms with van der Waals surface area (Å²) >= 11 is 5.98. The quantitative estimate of drug-likeness (QED) is 0.753. The van der Waals surface area contributed by atoms with E-state index in [0.717, 1.165) is 5.56 Å². The molecular weight excluding hydrogens is 236 g/mol. The third kappa shape index (κ3) is 2.49. The largest absolute Gasteiger partial charge is 0.342 e. The summed E-state index contributed by atoms with van der Waals surface area (Å²) in [6.45, 7) is 7.80. The van der Waals surface area contributed by atoms with E-state index >= 15 is 0 Å². The van der Waals surface area contributed by atoms with E-state index in [9.17, 15) is 0 Å². The number of alkyl halides is 1. The molecule has 1 aliphatic rings. The van der Waals surface area contributed by atoms with Gasteiger partial charge in [0.1, 0.15) is 0 Å². The first-order chi connectivity index (χ1) is 7.98. The van der Waals surface area contributed by atoms with Crippen molar-refractivity contribution in [1.82, 2.24) is 0 Å². The van der Waals surface area contributed by atoms with Gasteiger partial charge in [-0.05, 0) is 11.0 Å². The molecule has 0 bridgehead atoms. The fourth-order valence-corrected chi connectivity index (χ4v) is 2.31. The second kappa shape index (κ2) is 4.60. The molecule has 1 heterocycles. The molecule has 0 unspecified atom stereocenters. The minimum Gasteiger partial charge on any atom is -0.342 e. The molecule has 1 aromatic carbocycles. The van der Waals surface area contributed by atoms with Gasteiger partial charge in [-0.25, -0.2) is 0 Å². The van der Waals surface area contributed by atoms with Gasteiger partial charge in [0.2, 0.25) is 5.79 Å². The summed E-state index contributed by atoms with van der Waals surface area (Å²) in [6, 6.07) is 8.34. The van der Waals surface area contributed by atoms with Crippen molar-refractivity contribution in [3.63, 3.8) is 0 Å². The lowest BCUT2D eigenvalue weighted by Crippen LogP contribution is -2.29. The predicted octanol–water partition coefficient (Wildman–Crippen LogP) is 3.42. The van der Waals surface area contributed by atoms with E-state index in [1.54, 1.807) is 0 Å². The maximum absolute atomic E-state index is 5.98. The zero-order valence-electron chi connectivity index (χ0n) is 10.6. The molecule has 0 radical (unpaired) electrons. The van der Waals surface area contributed by atoms with Gasteiger partial charge in [-0.3, -0.25) is 0 Å². The van der Waals surface area contributed by atoms with Crippen LogP contribution in [-0.2, 0) is 20.7 Å². The minimum absolute atomic E-state index is 0.157. The molecule has 0 N–H and O–H groups in total. The number of benzene rings is 1. The van der Waals surface area contributed by atoms with E-state index in [0.29, 0.717) is 19.1 Å². The SMILES string of the molecule is CC(C)(C)c1ccc(C2(CCl)OCCO2)cc1. The Balaban J connectivity index is 2.28. The number of rotatable bonds is 2. The lowest BCUT2D eigenvalue weighted by atomic mass is 9.86. The van der Waals surface area contributed by atoms with Crippen LogP contribution in [0.2, 0.25) is 0 Å². The molecule has 0 spiro atoms. The first-order valence-corrected chi connectivity index (χ1v) is 6.46. The number of hydrogen-bond donors (Lipinski definition) is 0. The van der Waals surface area contributed by atoms with E-state index in [1.165, 1.54) is 5.56 Å². The Kier molecular flexibility index (Phi) is 3.48. The predicted molar refractivity (Wildman–Crippen MR) is 69.4 cm³/mol. The smallest absolute Gasteiger partial charge is 0.208 e. The first-order valence-electron chi connectivity index (χ1n) is 5.93. The molecule has 1 aromatic rings. The van der Waals surface area contributed by atoms with E-state index in [4.69, 9.17) is 21.1 Å². The molecule has 17 heavy (non-hydrogen) atoms. The van der Waals surface area contributed by atoms with Gasteiger partial charge in [-0.1, -0.05) is 45.0 Å². The van der Waals surface area contributed by atoms with Crippen molar-refractivity contribution in [1.29, 1.82) is 0 Å². The van der Waals surface area contributed by atoms with Crippen LogP contribution in [-0.4, -0.2) is 19.1 Å². The van der Waals surface area contributed by atoms with Gasteiger partial charge in [-0.2, -0.15) is 0 Å². The average molecular weight is 255 g/mol. The Morgan fingerprint density at radius 3 is 2.06 bits per heavy atom. The third-order valence-electron chi connectivity index (χ3n) is 3.12. The topological polar surface area (TPSA) is 18.5 Å². The molecule has 0 amide bonds. The molecule has 1 fully saturated rings. The van der Waals surface area contributed by atoms with Crippen LogP contribution in [0.25, 0.3) is 0 Å². The van der Waals surface area contributed by atoms with Crippen LogP contribution in [0.15, 0.2) is 24.3 Å². The van der Waals surface area contributed by atoms with Crippen LogP contribution in [0.4, 0.5) is 0 Å². The maximum Gasteiger partial charge on any atom is 0.208 e. The standard InChI is InChI=1S/C14H19ClO2/c1-13(2,3)11-4-6-12(7-5-11)14(10-15)16-8-9-17-14/h4-7H,8-10H2,1-3H3. The average Bonchev–Trinajstić information content (AvgIpc) is 2.78. The molecule has 0 saturated carbocycles. The molecule has 0 atom stereocenters. The Morgan fingerprint density at radius 2 is 1.65 bits per heavy atom. The van der Waals surface area contributed by atoms with Crippen LogP contribution in [0, 0.1) is 0 Å². The van der Waals surface area contributed by atoms with Crippen molar-refractivity contribution in [3.8, 4) is 0 Å². The lowest BCUT2D eigenvalue weighted by molar-refractivity contribution is -0.146. The van der Waals surface area contributed by atoms with Gasteiger partial charge in [0, 0.05) is 5.56 Å². The highest BCUT2D eigenvalue weighted by Crippen LogP contribution is 2.34. The van der Waals surface area contributed by atoms with Gasteiger partial charge in [0.25, 0.3) is 0 Å². The second-order valence-corrected chi connectivity index (χ2v) is 5.68. The van der Waals surface area contributed by atoms with Crippen molar-refractivity contribution in [2.75, 3.05) is 19.1 Å². The number of ether oxygens (including phenoxy) is 2. The molecule has 94 valence electrons. The lowest BCUT2D eigenvalue weighted by Gasteiger charge is -2.26. The van der Waals surface area contributed by atoms with E-state index in [-0.39, 0.29) is 5.41 Å². The second-order valence-electron chi connectivity index (χ2n) is 5.41. The zero-order valence-corrected chi connectivity index (χ0v) is 11.4. The maximum atomic E-state index is 5.98. The first kappa shape index (κ1) is 12.9. The zero-order chi connectivity index (χ0) is 12.5. The highest BCUT2D eigenvalue weighted by Gasteiger charge is 2.37. The van der Waals surface area contributed by atoms with E-state index < -0.39 is 5.79 Å². The van der Waals surface area contributed by atoms with E-state index in [2.05, 4.69) is 32.9 Å². The normalized spacial score (nSPS) is 19.5. The van der Waals surface area contributed by atoms with Crippen molar-refractivity contribution in [2.24, 2.45) is 0 Å². The molecular formula is C14H19ClO2. The Bertz CT molecular complexity index is 372. The third-order valence-corrected chi connectivity index (χ3v) is 3.47. The number of halogens is 1. The van der Waals surface area contributed by atoms with Crippen molar-refractivity contribution in [3.05, 3.63) is 35.4 Å². The molecule has 1 saturated heterocycles. The van der Waals surface area contributed by atoms with Gasteiger partial charge in [0.15, 0.2) is 0 Å². The fraction of sp³-hybridized carbons (Fsp3) is 0.571. The summed E-state index contributed by atoms with van der Waals surface area (Å²) in [5.74, 6) is -0.417. The Labute approximate surface area is 108 Å². The van der Waals surface area contributed by atoms with Crippen LogP contribution < -0.4 is 0 Å². The summed E-state index contributed by atoms with van der Waals surface area (Å²) in [5.41, 5.74) is 2.45. The summed E-state index contributed by atoms with van der Waals surface area (Å²) in [7, 11) is 0. The van der Waals surface area contributed by atoms with Gasteiger partial charge >= 0.3 is 0 Å². The summed E-state index contributed by atoms with van der Waals surface area (Å²) in [5, 5.41) is 0. The molecule has 3 heteroatoms. The van der Waals surface area contributed by atoms with Crippen molar-refractivity contribution < 1.29 is 9.47 Å². The van der Waals surface area contributed by atoms with E-state index in [1.807, 2.05) is 12.1 Å². The van der Waals surface area contributed by atoms with Crippen LogP contribution >= 0.6 is 11.6 Å². The van der Waals surface area contributed by atoms with Gasteiger partial charge in [-0.15, -0.1) is 11.6 Å². The number of hydrogen-bond acceptors (Lipinski definition) is 2. The van der Waals surface area contributed by atoms with Gasteiger partial charge < -0.3 is 9.47 Å². The minimum atomic E-state index is -0.738. The van der Waals surface area contributed by atoms with Gasteiger partial charge in [0.05, 0.1) is 19.1 Å².